The summed E-state index contributed by atoms with van der Waals surface area (Å²) in [5.74, 6) is 0.236. The van der Waals surface area contributed by atoms with Crippen molar-refractivity contribution in [3.63, 3.8) is 0 Å². The Labute approximate surface area is 181 Å². The van der Waals surface area contributed by atoms with Gasteiger partial charge in [-0.15, -0.1) is 0 Å². The molecule has 12 heteroatoms. The fourth-order valence-corrected chi connectivity index (χ4v) is 2.96. The lowest BCUT2D eigenvalue weighted by atomic mass is 10.1. The summed E-state index contributed by atoms with van der Waals surface area (Å²) in [6, 6.07) is 4.29. The Morgan fingerprint density at radius 3 is 2.41 bits per heavy atom. The number of carbonyl (C=O) groups is 1. The molecular formula is C20H21F3N6O3. The zero-order chi connectivity index (χ0) is 23.3. The quantitative estimate of drug-likeness (QED) is 0.521. The fourth-order valence-electron chi connectivity index (χ4n) is 2.96. The molecule has 0 aliphatic rings. The van der Waals surface area contributed by atoms with Gasteiger partial charge in [-0.1, -0.05) is 0 Å². The Hall–Kier alpha value is -3.70. The Bertz CT molecular complexity index is 1040. The molecule has 9 nitrogen and oxygen atoms in total. The second-order valence-electron chi connectivity index (χ2n) is 6.70. The summed E-state index contributed by atoms with van der Waals surface area (Å²) in [6.07, 6.45) is -0.249. The maximum Gasteiger partial charge on any atom is 0.419 e. The summed E-state index contributed by atoms with van der Waals surface area (Å²) < 4.78 is 48.6. The second kappa shape index (κ2) is 9.62. The van der Waals surface area contributed by atoms with Crippen molar-refractivity contribution < 1.29 is 27.4 Å². The molecule has 2 heterocycles. The van der Waals surface area contributed by atoms with Crippen LogP contribution in [-0.2, 0) is 6.18 Å². The number of amides is 1. The number of alkyl halides is 3. The van der Waals surface area contributed by atoms with Crippen LogP contribution >= 0.6 is 0 Å². The van der Waals surface area contributed by atoms with Crippen LogP contribution in [0.1, 0.15) is 29.8 Å². The predicted molar refractivity (Wildman–Crippen MR) is 107 cm³/mol. The van der Waals surface area contributed by atoms with E-state index in [4.69, 9.17) is 9.47 Å². The molecule has 32 heavy (non-hydrogen) atoms. The van der Waals surface area contributed by atoms with Crippen LogP contribution in [0.25, 0.3) is 5.69 Å². The van der Waals surface area contributed by atoms with Gasteiger partial charge in [0.05, 0.1) is 36.7 Å². The maximum absolute atomic E-state index is 13.3. The maximum atomic E-state index is 13.3. The number of halogens is 3. The number of carbonyl (C=O) groups excluding carboxylic acids is 1. The number of aromatic nitrogens is 5. The third-order valence-corrected chi connectivity index (χ3v) is 4.61. The normalized spacial score (nSPS) is 12.3. The van der Waals surface area contributed by atoms with Gasteiger partial charge < -0.3 is 14.4 Å². The van der Waals surface area contributed by atoms with Gasteiger partial charge in [0.25, 0.3) is 5.91 Å². The van der Waals surface area contributed by atoms with E-state index in [1.54, 1.807) is 36.9 Å². The third-order valence-electron chi connectivity index (χ3n) is 4.61. The van der Waals surface area contributed by atoms with Crippen molar-refractivity contribution in [3.05, 3.63) is 54.1 Å². The molecular weight excluding hydrogens is 429 g/mol. The highest BCUT2D eigenvalue weighted by Crippen LogP contribution is 2.28. The van der Waals surface area contributed by atoms with Gasteiger partial charge in [0, 0.05) is 25.0 Å². The molecule has 170 valence electrons. The molecule has 0 bridgehead atoms. The number of hydrogen-bond acceptors (Lipinski definition) is 7. The van der Waals surface area contributed by atoms with Crippen molar-refractivity contribution >= 4 is 5.91 Å². The first kappa shape index (κ1) is 23.0. The molecule has 1 unspecified atom stereocenters. The molecule has 2 aromatic heterocycles. The minimum Gasteiger partial charge on any atom is -0.497 e. The fraction of sp³-hybridized carbons (Fsp3) is 0.350. The van der Waals surface area contributed by atoms with Crippen LogP contribution in [0.15, 0.2) is 43.0 Å². The SMILES string of the molecule is CCN(C(=O)c1ccc(OC)cc1-n1nccn1)C(C)COc1ncc(C(F)(F)F)cn1. The van der Waals surface area contributed by atoms with Gasteiger partial charge >= 0.3 is 12.2 Å². The van der Waals surface area contributed by atoms with Crippen LogP contribution in [0.4, 0.5) is 13.2 Å². The summed E-state index contributed by atoms with van der Waals surface area (Å²) >= 11 is 0. The van der Waals surface area contributed by atoms with Crippen LogP contribution in [-0.4, -0.2) is 62.1 Å². The van der Waals surface area contributed by atoms with E-state index in [0.29, 0.717) is 35.9 Å². The van der Waals surface area contributed by atoms with Gasteiger partial charge in [-0.3, -0.25) is 4.79 Å². The molecule has 1 amide bonds. The molecule has 3 aromatic rings. The smallest absolute Gasteiger partial charge is 0.419 e. The van der Waals surface area contributed by atoms with Gasteiger partial charge in [0.1, 0.15) is 18.0 Å². The Kier molecular flexibility index (Phi) is 6.91. The highest BCUT2D eigenvalue weighted by Gasteiger charge is 2.31. The van der Waals surface area contributed by atoms with E-state index in [1.807, 2.05) is 0 Å². The zero-order valence-electron chi connectivity index (χ0n) is 17.6. The second-order valence-corrected chi connectivity index (χ2v) is 6.70. The lowest BCUT2D eigenvalue weighted by Gasteiger charge is -2.28. The van der Waals surface area contributed by atoms with E-state index in [0.717, 1.165) is 0 Å². The summed E-state index contributed by atoms with van der Waals surface area (Å²) in [5.41, 5.74) is -0.180. The molecule has 3 rings (SSSR count). The van der Waals surface area contributed by atoms with Gasteiger partial charge in [0.15, 0.2) is 0 Å². The highest BCUT2D eigenvalue weighted by atomic mass is 19.4. The molecule has 0 saturated carbocycles. The monoisotopic (exact) mass is 450 g/mol. The molecule has 0 aliphatic carbocycles. The molecule has 0 spiro atoms. The van der Waals surface area contributed by atoms with E-state index >= 15 is 0 Å². The predicted octanol–water partition coefficient (Wildman–Crippen LogP) is 3.01. The Balaban J connectivity index is 1.76. The van der Waals surface area contributed by atoms with Crippen molar-refractivity contribution in [1.29, 1.82) is 0 Å². The van der Waals surface area contributed by atoms with Crippen LogP contribution in [0.2, 0.25) is 0 Å². The third kappa shape index (κ3) is 5.13. The summed E-state index contributed by atoms with van der Waals surface area (Å²) in [6.45, 7) is 3.89. The van der Waals surface area contributed by atoms with E-state index in [9.17, 15) is 18.0 Å². The highest BCUT2D eigenvalue weighted by molar-refractivity contribution is 5.98. The summed E-state index contributed by atoms with van der Waals surface area (Å²) in [7, 11) is 1.51. The van der Waals surface area contributed by atoms with Gasteiger partial charge in [0.2, 0.25) is 0 Å². The van der Waals surface area contributed by atoms with Crippen molar-refractivity contribution in [2.75, 3.05) is 20.3 Å². The standard InChI is InChI=1S/C20H21F3N6O3/c1-4-28(13(2)12-32-19-24-10-14(11-25-19)20(21,22)23)18(30)16-6-5-15(31-3)9-17(16)29-26-7-8-27-29/h5-11,13H,4,12H2,1-3H3. The average Bonchev–Trinajstić information content (AvgIpc) is 3.32. The molecule has 0 saturated heterocycles. The molecule has 0 N–H and O–H groups in total. The number of methoxy groups -OCH3 is 1. The molecule has 1 aromatic carbocycles. The topological polar surface area (TPSA) is 95.3 Å². The largest absolute Gasteiger partial charge is 0.497 e. The van der Waals surface area contributed by atoms with Gasteiger partial charge in [-0.25, -0.2) is 9.97 Å². The van der Waals surface area contributed by atoms with E-state index in [2.05, 4.69) is 20.2 Å². The zero-order valence-corrected chi connectivity index (χ0v) is 17.6. The number of nitrogens with zero attached hydrogens (tertiary/aromatic N) is 6. The van der Waals surface area contributed by atoms with Gasteiger partial charge in [-0.05, 0) is 26.0 Å². The van der Waals surface area contributed by atoms with E-state index < -0.39 is 17.8 Å². The first-order valence-corrected chi connectivity index (χ1v) is 9.62. The van der Waals surface area contributed by atoms with Gasteiger partial charge in [-0.2, -0.15) is 28.2 Å². The van der Waals surface area contributed by atoms with Crippen molar-refractivity contribution in [2.24, 2.45) is 0 Å². The van der Waals surface area contributed by atoms with Crippen molar-refractivity contribution in [3.8, 4) is 17.4 Å². The van der Waals surface area contributed by atoms with Crippen LogP contribution in [0.5, 0.6) is 11.8 Å². The Morgan fingerprint density at radius 1 is 1.19 bits per heavy atom. The van der Waals surface area contributed by atoms with Crippen molar-refractivity contribution in [2.45, 2.75) is 26.1 Å². The number of hydrogen-bond donors (Lipinski definition) is 0. The lowest BCUT2D eigenvalue weighted by Crippen LogP contribution is -2.42. The van der Waals surface area contributed by atoms with E-state index in [-0.39, 0.29) is 18.5 Å². The molecule has 0 radical (unpaired) electrons. The molecule has 0 aliphatic heterocycles. The Morgan fingerprint density at radius 2 is 1.84 bits per heavy atom. The van der Waals surface area contributed by atoms with Crippen LogP contribution in [0, 0.1) is 0 Å². The number of rotatable bonds is 8. The minimum atomic E-state index is -4.53. The van der Waals surface area contributed by atoms with Crippen molar-refractivity contribution in [1.82, 2.24) is 29.9 Å². The number of likely N-dealkylation sites (N-methyl/N-ethyl adjacent to an activating group) is 1. The average molecular weight is 450 g/mol. The molecule has 1 atom stereocenters. The summed E-state index contributed by atoms with van der Waals surface area (Å²) in [5, 5.41) is 8.19. The minimum absolute atomic E-state index is 0.0174. The number of ether oxygens (including phenoxy) is 2. The van der Waals surface area contributed by atoms with Crippen LogP contribution in [0.3, 0.4) is 0 Å². The van der Waals surface area contributed by atoms with E-state index in [1.165, 1.54) is 24.3 Å². The van der Waals surface area contributed by atoms with Crippen LogP contribution < -0.4 is 9.47 Å². The molecule has 0 fully saturated rings. The number of benzene rings is 1. The first-order valence-electron chi connectivity index (χ1n) is 9.62. The first-order chi connectivity index (χ1) is 15.2. The lowest BCUT2D eigenvalue weighted by molar-refractivity contribution is -0.138. The summed E-state index contributed by atoms with van der Waals surface area (Å²) in [4.78, 5) is 23.3.